The first-order valence-electron chi connectivity index (χ1n) is 8.47. The summed E-state index contributed by atoms with van der Waals surface area (Å²) in [6, 6.07) is 12.2. The maximum Gasteiger partial charge on any atom is 0.313 e. The SMILES string of the molecule is CC(O)(CCc1ccccc1)CNC(=O)C(=O)Nc1ccc(F)c([N+](=O)[O-])c1. The highest BCUT2D eigenvalue weighted by Gasteiger charge is 2.24. The topological polar surface area (TPSA) is 122 Å². The third-order valence-electron chi connectivity index (χ3n) is 4.03. The van der Waals surface area contributed by atoms with Gasteiger partial charge in [-0.25, -0.2) is 0 Å². The minimum Gasteiger partial charge on any atom is -0.388 e. The summed E-state index contributed by atoms with van der Waals surface area (Å²) < 4.78 is 13.3. The molecule has 0 aromatic heterocycles. The van der Waals surface area contributed by atoms with Crippen molar-refractivity contribution < 1.29 is 24.0 Å². The molecule has 0 saturated carbocycles. The van der Waals surface area contributed by atoms with E-state index in [0.29, 0.717) is 12.8 Å². The number of halogens is 1. The van der Waals surface area contributed by atoms with Gasteiger partial charge in [0, 0.05) is 18.3 Å². The van der Waals surface area contributed by atoms with Crippen molar-refractivity contribution in [2.24, 2.45) is 0 Å². The molecule has 1 atom stereocenters. The average Bonchev–Trinajstić information content (AvgIpc) is 2.66. The second-order valence-corrected chi connectivity index (χ2v) is 6.54. The van der Waals surface area contributed by atoms with E-state index in [1.165, 1.54) is 6.92 Å². The van der Waals surface area contributed by atoms with Crippen LogP contribution < -0.4 is 10.6 Å². The largest absolute Gasteiger partial charge is 0.388 e. The first-order valence-corrected chi connectivity index (χ1v) is 8.47. The lowest BCUT2D eigenvalue weighted by Crippen LogP contribution is -2.44. The van der Waals surface area contributed by atoms with Gasteiger partial charge in [0.15, 0.2) is 0 Å². The minimum absolute atomic E-state index is 0.0934. The molecule has 148 valence electrons. The molecule has 0 fully saturated rings. The van der Waals surface area contributed by atoms with Gasteiger partial charge in [-0.2, -0.15) is 4.39 Å². The quantitative estimate of drug-likeness (QED) is 0.381. The van der Waals surface area contributed by atoms with Crippen LogP contribution in [0.2, 0.25) is 0 Å². The predicted molar refractivity (Wildman–Crippen MR) is 100 cm³/mol. The number of anilines is 1. The molecule has 2 rings (SSSR count). The van der Waals surface area contributed by atoms with Crippen molar-refractivity contribution in [1.29, 1.82) is 0 Å². The van der Waals surface area contributed by atoms with E-state index in [9.17, 15) is 29.2 Å². The van der Waals surface area contributed by atoms with Crippen LogP contribution in [0.15, 0.2) is 48.5 Å². The number of nitro groups is 1. The van der Waals surface area contributed by atoms with Crippen molar-refractivity contribution in [3.63, 3.8) is 0 Å². The van der Waals surface area contributed by atoms with E-state index in [-0.39, 0.29) is 12.2 Å². The van der Waals surface area contributed by atoms with Gasteiger partial charge in [0.2, 0.25) is 5.82 Å². The predicted octanol–water partition coefficient (Wildman–Crippen LogP) is 2.17. The van der Waals surface area contributed by atoms with E-state index >= 15 is 0 Å². The zero-order valence-electron chi connectivity index (χ0n) is 15.1. The van der Waals surface area contributed by atoms with Crippen molar-refractivity contribution in [2.75, 3.05) is 11.9 Å². The molecular weight excluding hydrogens is 369 g/mol. The molecule has 3 N–H and O–H groups in total. The number of hydrogen-bond acceptors (Lipinski definition) is 5. The van der Waals surface area contributed by atoms with Crippen LogP contribution in [0.4, 0.5) is 15.8 Å². The fraction of sp³-hybridized carbons (Fsp3) is 0.263. The van der Waals surface area contributed by atoms with Gasteiger partial charge in [-0.05, 0) is 37.5 Å². The van der Waals surface area contributed by atoms with Crippen LogP contribution >= 0.6 is 0 Å². The van der Waals surface area contributed by atoms with E-state index in [4.69, 9.17) is 0 Å². The second kappa shape index (κ2) is 9.05. The molecule has 0 saturated heterocycles. The maximum absolute atomic E-state index is 13.3. The third-order valence-corrected chi connectivity index (χ3v) is 4.03. The van der Waals surface area contributed by atoms with Crippen LogP contribution in [-0.2, 0) is 16.0 Å². The highest BCUT2D eigenvalue weighted by molar-refractivity contribution is 6.39. The summed E-state index contributed by atoms with van der Waals surface area (Å²) in [6.07, 6.45) is 0.957. The number of aryl methyl sites for hydroxylation is 1. The lowest BCUT2D eigenvalue weighted by Gasteiger charge is -2.23. The van der Waals surface area contributed by atoms with E-state index in [0.717, 1.165) is 23.8 Å². The molecule has 1 unspecified atom stereocenters. The maximum atomic E-state index is 13.3. The van der Waals surface area contributed by atoms with Crippen LogP contribution in [-0.4, -0.2) is 34.0 Å². The van der Waals surface area contributed by atoms with Gasteiger partial charge < -0.3 is 15.7 Å². The number of carbonyl (C=O) groups is 2. The molecular formula is C19H20FN3O5. The molecule has 2 aromatic rings. The van der Waals surface area contributed by atoms with Gasteiger partial charge in [0.1, 0.15) is 0 Å². The van der Waals surface area contributed by atoms with Crippen LogP contribution in [0.5, 0.6) is 0 Å². The Morgan fingerprint density at radius 3 is 2.50 bits per heavy atom. The molecule has 28 heavy (non-hydrogen) atoms. The molecule has 0 heterocycles. The highest BCUT2D eigenvalue weighted by Crippen LogP contribution is 2.21. The standard InChI is InChI=1S/C19H20FN3O5/c1-19(26,10-9-13-5-3-2-4-6-13)12-21-17(24)18(25)22-14-7-8-15(20)16(11-14)23(27)28/h2-8,11,26H,9-10,12H2,1H3,(H,21,24)(H,22,25). The lowest BCUT2D eigenvalue weighted by atomic mass is 9.97. The van der Waals surface area contributed by atoms with Crippen LogP contribution in [0, 0.1) is 15.9 Å². The Morgan fingerprint density at radius 1 is 1.18 bits per heavy atom. The van der Waals surface area contributed by atoms with Crippen molar-refractivity contribution in [3.8, 4) is 0 Å². The molecule has 2 aromatic carbocycles. The van der Waals surface area contributed by atoms with Gasteiger partial charge in [0.05, 0.1) is 10.5 Å². The molecule has 0 spiro atoms. The minimum atomic E-state index is -1.24. The highest BCUT2D eigenvalue weighted by atomic mass is 19.1. The summed E-state index contributed by atoms with van der Waals surface area (Å²) in [5, 5.41) is 25.6. The van der Waals surface area contributed by atoms with Crippen LogP contribution in [0.3, 0.4) is 0 Å². The van der Waals surface area contributed by atoms with Gasteiger partial charge in [-0.3, -0.25) is 19.7 Å². The Morgan fingerprint density at radius 2 is 1.86 bits per heavy atom. The summed E-state index contributed by atoms with van der Waals surface area (Å²) in [5.74, 6) is -3.16. The van der Waals surface area contributed by atoms with Gasteiger partial charge in [-0.1, -0.05) is 30.3 Å². The number of nitro benzene ring substituents is 1. The summed E-state index contributed by atoms with van der Waals surface area (Å²) in [5.41, 5.74) is -1.11. The molecule has 0 aliphatic heterocycles. The van der Waals surface area contributed by atoms with Crippen molar-refractivity contribution in [3.05, 3.63) is 70.0 Å². The number of benzene rings is 2. The van der Waals surface area contributed by atoms with Crippen molar-refractivity contribution in [1.82, 2.24) is 5.32 Å². The first-order chi connectivity index (χ1) is 13.2. The molecule has 9 heteroatoms. The first kappa shape index (κ1) is 21.0. The normalized spacial score (nSPS) is 12.7. The molecule has 0 radical (unpaired) electrons. The zero-order valence-corrected chi connectivity index (χ0v) is 15.1. The van der Waals surface area contributed by atoms with Gasteiger partial charge in [0.25, 0.3) is 0 Å². The van der Waals surface area contributed by atoms with Crippen molar-refractivity contribution in [2.45, 2.75) is 25.4 Å². The summed E-state index contributed by atoms with van der Waals surface area (Å²) >= 11 is 0. The fourth-order valence-electron chi connectivity index (χ4n) is 2.42. The molecule has 2 amide bonds. The molecule has 0 bridgehead atoms. The third kappa shape index (κ3) is 6.13. The van der Waals surface area contributed by atoms with E-state index < -0.39 is 33.8 Å². The molecule has 8 nitrogen and oxygen atoms in total. The Hall–Kier alpha value is -3.33. The monoisotopic (exact) mass is 389 g/mol. The number of nitrogens with one attached hydrogen (secondary N) is 2. The molecule has 0 aliphatic carbocycles. The number of hydrogen-bond donors (Lipinski definition) is 3. The van der Waals surface area contributed by atoms with Gasteiger partial charge >= 0.3 is 17.5 Å². The summed E-state index contributed by atoms with van der Waals surface area (Å²) in [6.45, 7) is 1.38. The zero-order chi connectivity index (χ0) is 20.7. The van der Waals surface area contributed by atoms with E-state index in [2.05, 4.69) is 10.6 Å². The van der Waals surface area contributed by atoms with Crippen LogP contribution in [0.1, 0.15) is 18.9 Å². The summed E-state index contributed by atoms with van der Waals surface area (Å²) in [4.78, 5) is 33.6. The second-order valence-electron chi connectivity index (χ2n) is 6.54. The number of rotatable bonds is 7. The van der Waals surface area contributed by atoms with E-state index in [1.54, 1.807) is 0 Å². The average molecular weight is 389 g/mol. The Bertz CT molecular complexity index is 871. The lowest BCUT2D eigenvalue weighted by molar-refractivity contribution is -0.387. The molecule has 0 aliphatic rings. The Labute approximate surface area is 160 Å². The number of carbonyl (C=O) groups excluding carboxylic acids is 2. The van der Waals surface area contributed by atoms with Crippen molar-refractivity contribution >= 4 is 23.2 Å². The Kier molecular flexibility index (Phi) is 6.78. The number of amides is 2. The van der Waals surface area contributed by atoms with Gasteiger partial charge in [-0.15, -0.1) is 0 Å². The van der Waals surface area contributed by atoms with E-state index in [1.807, 2.05) is 30.3 Å². The van der Waals surface area contributed by atoms with Crippen LogP contribution in [0.25, 0.3) is 0 Å². The Balaban J connectivity index is 1.87. The number of nitrogens with zero attached hydrogens (tertiary/aromatic N) is 1. The number of aliphatic hydroxyl groups is 1. The fourth-order valence-corrected chi connectivity index (χ4v) is 2.42. The smallest absolute Gasteiger partial charge is 0.313 e. The summed E-state index contributed by atoms with van der Waals surface area (Å²) in [7, 11) is 0.